The van der Waals surface area contributed by atoms with E-state index < -0.39 is 17.4 Å². The molecule has 2 N–H and O–H groups in total. The van der Waals surface area contributed by atoms with Crippen molar-refractivity contribution in [2.45, 2.75) is 36.8 Å². The van der Waals surface area contributed by atoms with Crippen LogP contribution in [-0.2, 0) is 32.6 Å². The van der Waals surface area contributed by atoms with Crippen LogP contribution in [0.15, 0.2) is 40.7 Å². The van der Waals surface area contributed by atoms with E-state index >= 15 is 0 Å². The van der Waals surface area contributed by atoms with Gasteiger partial charge >= 0.3 is 5.97 Å². The molecule has 0 spiro atoms. The van der Waals surface area contributed by atoms with Crippen molar-refractivity contribution in [2.24, 2.45) is 7.05 Å². The maximum absolute atomic E-state index is 13.3. The van der Waals surface area contributed by atoms with Gasteiger partial charge in [-0.1, -0.05) is 43.8 Å². The number of para-hydroxylation sites is 1. The van der Waals surface area contributed by atoms with E-state index in [0.717, 1.165) is 18.7 Å². The van der Waals surface area contributed by atoms with E-state index in [9.17, 15) is 19.5 Å². The Hall–Kier alpha value is -3.10. The number of fused-ring (bicyclic) bond motifs is 1. The second-order valence-corrected chi connectivity index (χ2v) is 10.8. The summed E-state index contributed by atoms with van der Waals surface area (Å²) in [5.74, 6) is -0.391. The van der Waals surface area contributed by atoms with Crippen molar-refractivity contribution in [3.8, 4) is 5.75 Å². The predicted molar refractivity (Wildman–Crippen MR) is 142 cm³/mol. The van der Waals surface area contributed by atoms with Gasteiger partial charge in [0, 0.05) is 30.7 Å². The molecular weight excluding hydrogens is 530 g/mol. The van der Waals surface area contributed by atoms with Gasteiger partial charge in [-0.3, -0.25) is 14.5 Å². The third kappa shape index (κ3) is 6.13. The first-order valence-electron chi connectivity index (χ1n) is 12.3. The Morgan fingerprint density at radius 3 is 2.74 bits per heavy atom. The summed E-state index contributed by atoms with van der Waals surface area (Å²) in [5, 5.41) is 24.3. The summed E-state index contributed by atoms with van der Waals surface area (Å²) in [6.45, 7) is 6.57. The molecular formula is C24H31N7O5S2. The molecule has 0 bridgehead atoms. The Bertz CT molecular complexity index is 1220. The second-order valence-electron chi connectivity index (χ2n) is 8.75. The van der Waals surface area contributed by atoms with Crippen LogP contribution in [0.5, 0.6) is 5.75 Å². The molecule has 1 aromatic heterocycles. The summed E-state index contributed by atoms with van der Waals surface area (Å²) in [6.07, 6.45) is -0.0580. The van der Waals surface area contributed by atoms with Crippen molar-refractivity contribution < 1.29 is 24.2 Å². The van der Waals surface area contributed by atoms with Crippen LogP contribution in [0.25, 0.3) is 0 Å². The Morgan fingerprint density at radius 2 is 2.05 bits per heavy atom. The number of amides is 2. The van der Waals surface area contributed by atoms with Crippen molar-refractivity contribution in [3.05, 3.63) is 41.1 Å². The Balaban J connectivity index is 1.47. The van der Waals surface area contributed by atoms with Gasteiger partial charge in [0.2, 0.25) is 11.1 Å². The van der Waals surface area contributed by atoms with E-state index in [4.69, 9.17) is 4.74 Å². The van der Waals surface area contributed by atoms with Crippen molar-refractivity contribution in [1.29, 1.82) is 0 Å². The maximum atomic E-state index is 13.3. The molecule has 1 fully saturated rings. The van der Waals surface area contributed by atoms with Gasteiger partial charge in [0.25, 0.3) is 5.91 Å². The lowest BCUT2D eigenvalue weighted by Gasteiger charge is -2.49. The summed E-state index contributed by atoms with van der Waals surface area (Å²) in [7, 11) is 1.73. The highest BCUT2D eigenvalue weighted by Crippen LogP contribution is 2.41. The number of rotatable bonds is 12. The predicted octanol–water partition coefficient (Wildman–Crippen LogP) is 0.790. The van der Waals surface area contributed by atoms with Gasteiger partial charge in [-0.2, -0.15) is 0 Å². The number of nitrogens with one attached hydrogen (secondary N) is 1. The number of carbonyl (C=O) groups excluding carboxylic acids is 3. The molecule has 2 atom stereocenters. The van der Waals surface area contributed by atoms with Crippen LogP contribution >= 0.6 is 23.5 Å². The topological polar surface area (TPSA) is 143 Å². The van der Waals surface area contributed by atoms with Gasteiger partial charge in [-0.25, -0.2) is 9.48 Å². The lowest BCUT2D eigenvalue weighted by Crippen LogP contribution is -2.70. The van der Waals surface area contributed by atoms with Crippen LogP contribution in [0.2, 0.25) is 0 Å². The van der Waals surface area contributed by atoms with Gasteiger partial charge in [-0.15, -0.1) is 16.9 Å². The summed E-state index contributed by atoms with van der Waals surface area (Å²) in [6, 6.07) is 5.80. The number of esters is 1. The van der Waals surface area contributed by atoms with Crippen molar-refractivity contribution in [1.82, 2.24) is 35.3 Å². The first-order valence-corrected chi connectivity index (χ1v) is 14.3. The number of benzene rings is 1. The normalized spacial score (nSPS) is 18.8. The van der Waals surface area contributed by atoms with Gasteiger partial charge in [0.15, 0.2) is 0 Å². The van der Waals surface area contributed by atoms with Gasteiger partial charge in [0.05, 0.1) is 6.42 Å². The Labute approximate surface area is 229 Å². The number of aromatic hydroxyl groups is 1. The summed E-state index contributed by atoms with van der Waals surface area (Å²) < 4.78 is 7.14. The molecule has 2 aliphatic heterocycles. The number of phenols is 1. The molecule has 3 heterocycles. The molecule has 0 aliphatic carbocycles. The maximum Gasteiger partial charge on any atom is 0.355 e. The van der Waals surface area contributed by atoms with Crippen LogP contribution in [0.3, 0.4) is 0 Å². The van der Waals surface area contributed by atoms with Crippen molar-refractivity contribution in [3.63, 3.8) is 0 Å². The smallest absolute Gasteiger partial charge is 0.355 e. The molecule has 38 heavy (non-hydrogen) atoms. The molecule has 2 aromatic rings. The largest absolute Gasteiger partial charge is 0.508 e. The number of hydrogen-bond acceptors (Lipinski definition) is 11. The quantitative estimate of drug-likeness (QED) is 0.216. The van der Waals surface area contributed by atoms with Crippen LogP contribution < -0.4 is 5.32 Å². The molecule has 0 radical (unpaired) electrons. The zero-order valence-corrected chi connectivity index (χ0v) is 23.1. The average Bonchev–Trinajstić information content (AvgIpc) is 3.33. The average molecular weight is 562 g/mol. The fraction of sp³-hybridized carbons (Fsp3) is 0.500. The zero-order valence-electron chi connectivity index (χ0n) is 21.5. The lowest BCUT2D eigenvalue weighted by molar-refractivity contribution is -0.153. The van der Waals surface area contributed by atoms with E-state index in [2.05, 4.69) is 25.7 Å². The number of thioether (sulfide) groups is 2. The van der Waals surface area contributed by atoms with Crippen LogP contribution in [-0.4, -0.2) is 102 Å². The summed E-state index contributed by atoms with van der Waals surface area (Å²) in [4.78, 5) is 42.7. The molecule has 4 rings (SSSR count). The van der Waals surface area contributed by atoms with E-state index in [1.165, 1.54) is 39.2 Å². The molecule has 2 amide bonds. The number of hydrogen-bond donors (Lipinski definition) is 2. The first kappa shape index (κ1) is 27.9. The second kappa shape index (κ2) is 12.6. The minimum Gasteiger partial charge on any atom is -0.508 e. The van der Waals surface area contributed by atoms with Gasteiger partial charge in [0.1, 0.15) is 29.5 Å². The monoisotopic (exact) mass is 561 g/mol. The zero-order chi connectivity index (χ0) is 27.2. The summed E-state index contributed by atoms with van der Waals surface area (Å²) in [5.41, 5.74) is 1.45. The van der Waals surface area contributed by atoms with Crippen LogP contribution in [0.1, 0.15) is 19.4 Å². The van der Waals surface area contributed by atoms with Crippen molar-refractivity contribution >= 4 is 41.3 Å². The number of aryl methyl sites for hydroxylation is 1. The highest BCUT2D eigenvalue weighted by Gasteiger charge is 2.54. The molecule has 1 saturated heterocycles. The fourth-order valence-electron chi connectivity index (χ4n) is 4.21. The van der Waals surface area contributed by atoms with Crippen LogP contribution in [0.4, 0.5) is 0 Å². The highest BCUT2D eigenvalue weighted by molar-refractivity contribution is 8.01. The molecule has 0 saturated carbocycles. The Kier molecular flexibility index (Phi) is 9.28. The standard InChI is InChI=1S/C24H31N7O5S2/c1-4-30(5-2)10-11-36-23(35)20-16(14-38-24-26-27-28-29(24)3)13-37-22-19(21(34)31(20)22)25-18(33)12-15-8-6-7-9-17(15)32/h6-9,19,22,32H,4-5,10-14H2,1-3H3,(H,25,33). The number of likely N-dealkylation sites (N-methyl/N-ethyl adjacent to an activating group) is 1. The number of ether oxygens (including phenoxy) is 1. The molecule has 2 unspecified atom stereocenters. The molecule has 1 aromatic carbocycles. The first-order chi connectivity index (χ1) is 18.3. The van der Waals surface area contributed by atoms with E-state index in [0.29, 0.717) is 28.8 Å². The molecule has 14 heteroatoms. The highest BCUT2D eigenvalue weighted by atomic mass is 32.2. The third-order valence-corrected chi connectivity index (χ3v) is 8.83. The minimum absolute atomic E-state index is 0.0224. The van der Waals surface area contributed by atoms with Crippen molar-refractivity contribution in [2.75, 3.05) is 37.7 Å². The summed E-state index contributed by atoms with van der Waals surface area (Å²) >= 11 is 2.85. The number of aromatic nitrogens is 4. The van der Waals surface area contributed by atoms with Gasteiger partial charge in [-0.05, 0) is 35.2 Å². The number of tetrazole rings is 1. The molecule has 2 aliphatic rings. The number of nitrogens with zero attached hydrogens (tertiary/aromatic N) is 6. The SMILES string of the molecule is CCN(CC)CCOC(=O)C1=C(CSc2nnnn2C)CSC2C(NC(=O)Cc3ccccc3O)C(=O)N12. The third-order valence-electron chi connectivity index (χ3n) is 6.39. The Morgan fingerprint density at radius 1 is 1.29 bits per heavy atom. The molecule has 12 nitrogen and oxygen atoms in total. The van der Waals surface area contributed by atoms with E-state index in [1.807, 2.05) is 13.8 Å². The fourth-order valence-corrected chi connectivity index (χ4v) is 6.55. The van der Waals surface area contributed by atoms with Gasteiger partial charge < -0.3 is 20.1 Å². The van der Waals surface area contributed by atoms with Crippen LogP contribution in [0, 0.1) is 0 Å². The number of β-lactam (4-membered cyclic amide) rings is 1. The minimum atomic E-state index is -0.769. The molecule has 204 valence electrons. The number of phenolic OH excluding ortho intramolecular Hbond substituents is 1. The number of carbonyl (C=O) groups is 3. The lowest BCUT2D eigenvalue weighted by atomic mass is 10.0. The van der Waals surface area contributed by atoms with E-state index in [-0.39, 0.29) is 36.3 Å². The van der Waals surface area contributed by atoms with E-state index in [1.54, 1.807) is 25.2 Å².